The van der Waals surface area contributed by atoms with Gasteiger partial charge in [0.1, 0.15) is 0 Å². The fourth-order valence-corrected chi connectivity index (χ4v) is 2.67. The van der Waals surface area contributed by atoms with E-state index in [-0.39, 0.29) is 5.91 Å². The molecule has 20 heavy (non-hydrogen) atoms. The minimum atomic E-state index is 0.171. The molecule has 0 aliphatic carbocycles. The van der Waals surface area contributed by atoms with Crippen LogP contribution in [0, 0.1) is 5.92 Å². The third-order valence-electron chi connectivity index (χ3n) is 3.77. The van der Waals surface area contributed by atoms with Crippen molar-refractivity contribution in [3.05, 3.63) is 34.9 Å². The van der Waals surface area contributed by atoms with Gasteiger partial charge in [0.05, 0.1) is 0 Å². The number of halogens is 1. The highest BCUT2D eigenvalue weighted by Gasteiger charge is 2.13. The third-order valence-corrected chi connectivity index (χ3v) is 4.02. The summed E-state index contributed by atoms with van der Waals surface area (Å²) in [5.41, 5.74) is 1.23. The van der Waals surface area contributed by atoms with E-state index in [9.17, 15) is 4.79 Å². The largest absolute Gasteiger partial charge is 0.356 e. The molecule has 1 atom stereocenters. The Kier molecular flexibility index (Phi) is 6.34. The van der Waals surface area contributed by atoms with E-state index >= 15 is 0 Å². The van der Waals surface area contributed by atoms with Crippen LogP contribution in [0.15, 0.2) is 24.3 Å². The van der Waals surface area contributed by atoms with Crippen LogP contribution in [0.5, 0.6) is 0 Å². The molecular formula is C16H23ClN2O. The zero-order valence-corrected chi connectivity index (χ0v) is 12.6. The molecule has 1 aliphatic rings. The maximum Gasteiger partial charge on any atom is 0.220 e. The Labute approximate surface area is 126 Å². The fraction of sp³-hybridized carbons (Fsp3) is 0.562. The third kappa shape index (κ3) is 5.51. The van der Waals surface area contributed by atoms with Gasteiger partial charge in [0.2, 0.25) is 5.91 Å². The van der Waals surface area contributed by atoms with Crippen LogP contribution in [0.2, 0.25) is 5.02 Å². The van der Waals surface area contributed by atoms with Crippen LogP contribution < -0.4 is 10.6 Å². The number of amides is 1. The molecule has 3 nitrogen and oxygen atoms in total. The summed E-state index contributed by atoms with van der Waals surface area (Å²) in [5.74, 6) is 0.772. The molecule has 0 radical (unpaired) electrons. The molecule has 1 aliphatic heterocycles. The Morgan fingerprint density at radius 2 is 2.15 bits per heavy atom. The summed E-state index contributed by atoms with van der Waals surface area (Å²) in [5, 5.41) is 7.17. The van der Waals surface area contributed by atoms with Gasteiger partial charge in [0, 0.05) is 18.0 Å². The zero-order valence-electron chi connectivity index (χ0n) is 11.8. The predicted octanol–water partition coefficient (Wildman–Crippen LogP) is 2.78. The molecule has 1 aromatic carbocycles. The van der Waals surface area contributed by atoms with E-state index in [1.807, 2.05) is 24.3 Å². The number of carbonyl (C=O) groups is 1. The van der Waals surface area contributed by atoms with Crippen LogP contribution >= 0.6 is 11.6 Å². The summed E-state index contributed by atoms with van der Waals surface area (Å²) in [6.07, 6.45) is 4.85. The van der Waals surface area contributed by atoms with E-state index in [2.05, 4.69) is 10.6 Å². The first-order valence-corrected chi connectivity index (χ1v) is 7.83. The van der Waals surface area contributed by atoms with Crippen molar-refractivity contribution in [2.24, 2.45) is 5.92 Å². The maximum atomic E-state index is 11.8. The van der Waals surface area contributed by atoms with Crippen molar-refractivity contribution in [1.29, 1.82) is 0 Å². The first-order chi connectivity index (χ1) is 9.74. The number of piperidine rings is 1. The predicted molar refractivity (Wildman–Crippen MR) is 83.0 cm³/mol. The molecule has 0 saturated carbocycles. The number of benzene rings is 1. The fourth-order valence-electron chi connectivity index (χ4n) is 2.55. The van der Waals surface area contributed by atoms with Crippen molar-refractivity contribution in [2.45, 2.75) is 32.1 Å². The summed E-state index contributed by atoms with van der Waals surface area (Å²) < 4.78 is 0. The van der Waals surface area contributed by atoms with Gasteiger partial charge in [-0.2, -0.15) is 0 Å². The van der Waals surface area contributed by atoms with Gasteiger partial charge in [-0.25, -0.2) is 0 Å². The number of hydrogen-bond acceptors (Lipinski definition) is 2. The van der Waals surface area contributed by atoms with Gasteiger partial charge in [0.15, 0.2) is 0 Å². The second-order valence-corrected chi connectivity index (χ2v) is 5.93. The lowest BCUT2D eigenvalue weighted by Crippen LogP contribution is -2.38. The van der Waals surface area contributed by atoms with Crippen molar-refractivity contribution < 1.29 is 4.79 Å². The van der Waals surface area contributed by atoms with Crippen molar-refractivity contribution in [2.75, 3.05) is 19.6 Å². The Hall–Kier alpha value is -1.06. The summed E-state index contributed by atoms with van der Waals surface area (Å²) in [4.78, 5) is 11.8. The van der Waals surface area contributed by atoms with Crippen molar-refractivity contribution in [3.8, 4) is 0 Å². The molecule has 4 heteroatoms. The van der Waals surface area contributed by atoms with E-state index < -0.39 is 0 Å². The Morgan fingerprint density at radius 1 is 1.35 bits per heavy atom. The summed E-state index contributed by atoms with van der Waals surface area (Å²) in [7, 11) is 0. The lowest BCUT2D eigenvalue weighted by atomic mass is 10.00. The van der Waals surface area contributed by atoms with Crippen LogP contribution in [0.3, 0.4) is 0 Å². The first kappa shape index (κ1) is 15.3. The van der Waals surface area contributed by atoms with Crippen LogP contribution in [0.1, 0.15) is 31.2 Å². The highest BCUT2D eigenvalue weighted by Crippen LogP contribution is 2.12. The molecule has 1 amide bonds. The number of carbonyl (C=O) groups excluding carboxylic acids is 1. The van der Waals surface area contributed by atoms with Crippen LogP contribution in [-0.2, 0) is 11.2 Å². The van der Waals surface area contributed by atoms with Gasteiger partial charge in [-0.1, -0.05) is 23.7 Å². The molecule has 1 aromatic rings. The number of aryl methyl sites for hydroxylation is 1. The SMILES string of the molecule is O=C(CCCc1ccc(Cl)cc1)NC[C@@H]1CCCNC1. The van der Waals surface area contributed by atoms with Crippen molar-refractivity contribution >= 4 is 17.5 Å². The smallest absolute Gasteiger partial charge is 0.220 e. The van der Waals surface area contributed by atoms with E-state index in [0.29, 0.717) is 12.3 Å². The van der Waals surface area contributed by atoms with Crippen molar-refractivity contribution in [1.82, 2.24) is 10.6 Å². The molecule has 110 valence electrons. The second kappa shape index (κ2) is 8.28. The number of nitrogens with one attached hydrogen (secondary N) is 2. The Morgan fingerprint density at radius 3 is 2.85 bits per heavy atom. The maximum absolute atomic E-state index is 11.8. The quantitative estimate of drug-likeness (QED) is 0.847. The number of hydrogen-bond donors (Lipinski definition) is 2. The minimum absolute atomic E-state index is 0.171. The molecule has 0 bridgehead atoms. The van der Waals surface area contributed by atoms with Gasteiger partial charge >= 0.3 is 0 Å². The van der Waals surface area contributed by atoms with Gasteiger partial charge in [-0.3, -0.25) is 4.79 Å². The molecule has 0 unspecified atom stereocenters. The van der Waals surface area contributed by atoms with E-state index in [1.54, 1.807) is 0 Å². The van der Waals surface area contributed by atoms with E-state index in [0.717, 1.165) is 37.5 Å². The minimum Gasteiger partial charge on any atom is -0.356 e. The van der Waals surface area contributed by atoms with Gasteiger partial charge in [-0.15, -0.1) is 0 Å². The molecule has 1 saturated heterocycles. The van der Waals surface area contributed by atoms with E-state index in [1.165, 1.54) is 18.4 Å². The van der Waals surface area contributed by atoms with Crippen molar-refractivity contribution in [3.63, 3.8) is 0 Å². The average Bonchev–Trinajstić information content (AvgIpc) is 2.48. The molecule has 2 rings (SSSR count). The molecule has 0 aromatic heterocycles. The standard InChI is InChI=1S/C16H23ClN2O/c17-15-8-6-13(7-9-15)3-1-5-16(20)19-12-14-4-2-10-18-11-14/h6-9,14,18H,1-5,10-12H2,(H,19,20)/t14-/m1/s1. The lowest BCUT2D eigenvalue weighted by molar-refractivity contribution is -0.121. The molecule has 2 N–H and O–H groups in total. The highest BCUT2D eigenvalue weighted by molar-refractivity contribution is 6.30. The van der Waals surface area contributed by atoms with Crippen LogP contribution in [0.4, 0.5) is 0 Å². The molecule has 1 fully saturated rings. The van der Waals surface area contributed by atoms with Gasteiger partial charge in [0.25, 0.3) is 0 Å². The highest BCUT2D eigenvalue weighted by atomic mass is 35.5. The van der Waals surface area contributed by atoms with Crippen LogP contribution in [-0.4, -0.2) is 25.5 Å². The van der Waals surface area contributed by atoms with Gasteiger partial charge < -0.3 is 10.6 Å². The van der Waals surface area contributed by atoms with Crippen LogP contribution in [0.25, 0.3) is 0 Å². The summed E-state index contributed by atoms with van der Waals surface area (Å²) in [6.45, 7) is 2.96. The lowest BCUT2D eigenvalue weighted by Gasteiger charge is -2.22. The second-order valence-electron chi connectivity index (χ2n) is 5.50. The topological polar surface area (TPSA) is 41.1 Å². The normalized spacial score (nSPS) is 18.8. The molecule has 1 heterocycles. The van der Waals surface area contributed by atoms with Gasteiger partial charge in [-0.05, 0) is 62.4 Å². The molecule has 0 spiro atoms. The monoisotopic (exact) mass is 294 g/mol. The summed E-state index contributed by atoms with van der Waals surface area (Å²) >= 11 is 5.84. The first-order valence-electron chi connectivity index (χ1n) is 7.46. The Balaban J connectivity index is 1.58. The Bertz CT molecular complexity index is 413. The van der Waals surface area contributed by atoms with E-state index in [4.69, 9.17) is 11.6 Å². The molecular weight excluding hydrogens is 272 g/mol. The summed E-state index contributed by atoms with van der Waals surface area (Å²) in [6, 6.07) is 7.84. The zero-order chi connectivity index (χ0) is 14.2. The average molecular weight is 295 g/mol. The number of rotatable bonds is 6.